The van der Waals surface area contributed by atoms with E-state index in [1.807, 2.05) is 66.7 Å². The van der Waals surface area contributed by atoms with Crippen LogP contribution in [0.15, 0.2) is 75.6 Å². The Bertz CT molecular complexity index is 1150. The van der Waals surface area contributed by atoms with E-state index in [9.17, 15) is 0 Å². The molecule has 0 spiro atoms. The van der Waals surface area contributed by atoms with Crippen LogP contribution >= 0.6 is 0 Å². The van der Waals surface area contributed by atoms with Crippen molar-refractivity contribution in [2.75, 3.05) is 5.73 Å². The zero-order valence-corrected chi connectivity index (χ0v) is 13.1. The predicted molar refractivity (Wildman–Crippen MR) is 96.9 cm³/mol. The third-order valence-corrected chi connectivity index (χ3v) is 4.13. The lowest BCUT2D eigenvalue weighted by molar-refractivity contribution is 0.619. The molecule has 0 saturated heterocycles. The van der Waals surface area contributed by atoms with Crippen molar-refractivity contribution >= 4 is 27.9 Å². The van der Waals surface area contributed by atoms with Crippen LogP contribution in [0.2, 0.25) is 0 Å². The van der Waals surface area contributed by atoms with Gasteiger partial charge in [-0.25, -0.2) is 9.97 Å². The molecule has 0 aliphatic heterocycles. The number of nitrogens with two attached hydrogens (primary N) is 1. The van der Waals surface area contributed by atoms with Crippen LogP contribution in [-0.2, 0) is 0 Å². The SMILES string of the molecule is Nc1nc(-c2cc3ccccc3o2)ccc1-c1nc2ccccc2o1. The largest absolute Gasteiger partial charge is 0.454 e. The number of pyridine rings is 1. The summed E-state index contributed by atoms with van der Waals surface area (Å²) in [6, 6.07) is 21.1. The highest BCUT2D eigenvalue weighted by molar-refractivity contribution is 5.83. The van der Waals surface area contributed by atoms with Gasteiger partial charge in [0, 0.05) is 5.39 Å². The van der Waals surface area contributed by atoms with Crippen LogP contribution in [-0.4, -0.2) is 9.97 Å². The Morgan fingerprint density at radius 2 is 1.56 bits per heavy atom. The van der Waals surface area contributed by atoms with Crippen LogP contribution in [0.5, 0.6) is 0 Å². The predicted octanol–water partition coefficient (Wildman–Crippen LogP) is 4.89. The number of benzene rings is 2. The van der Waals surface area contributed by atoms with Gasteiger partial charge in [0.2, 0.25) is 5.89 Å². The summed E-state index contributed by atoms with van der Waals surface area (Å²) in [5.41, 5.74) is 9.82. The number of anilines is 1. The summed E-state index contributed by atoms with van der Waals surface area (Å²) in [6.07, 6.45) is 0. The van der Waals surface area contributed by atoms with Gasteiger partial charge in [-0.1, -0.05) is 30.3 Å². The number of hydrogen-bond acceptors (Lipinski definition) is 5. The van der Waals surface area contributed by atoms with E-state index < -0.39 is 0 Å². The topological polar surface area (TPSA) is 78.1 Å². The molecule has 25 heavy (non-hydrogen) atoms. The fraction of sp³-hybridized carbons (Fsp3) is 0. The van der Waals surface area contributed by atoms with Crippen LogP contribution in [0.25, 0.3) is 45.0 Å². The maximum atomic E-state index is 6.15. The molecule has 5 aromatic rings. The molecule has 0 unspecified atom stereocenters. The van der Waals surface area contributed by atoms with Gasteiger partial charge in [-0.15, -0.1) is 0 Å². The van der Waals surface area contributed by atoms with Crippen LogP contribution in [0.3, 0.4) is 0 Å². The molecule has 0 aliphatic carbocycles. The Hall–Kier alpha value is -3.60. The number of rotatable bonds is 2. The number of para-hydroxylation sites is 3. The Morgan fingerprint density at radius 3 is 2.36 bits per heavy atom. The van der Waals surface area contributed by atoms with Gasteiger partial charge in [-0.3, -0.25) is 0 Å². The minimum Gasteiger partial charge on any atom is -0.454 e. The first kappa shape index (κ1) is 13.8. The number of furan rings is 1. The van der Waals surface area contributed by atoms with Gasteiger partial charge < -0.3 is 14.6 Å². The van der Waals surface area contributed by atoms with Crippen molar-refractivity contribution in [2.45, 2.75) is 0 Å². The fourth-order valence-electron chi connectivity index (χ4n) is 2.89. The Kier molecular flexibility index (Phi) is 2.87. The highest BCUT2D eigenvalue weighted by Gasteiger charge is 2.14. The van der Waals surface area contributed by atoms with Crippen molar-refractivity contribution in [1.82, 2.24) is 9.97 Å². The fourth-order valence-corrected chi connectivity index (χ4v) is 2.89. The molecule has 3 aromatic heterocycles. The number of nitrogens with zero attached hydrogens (tertiary/aromatic N) is 2. The molecule has 2 aromatic carbocycles. The zero-order chi connectivity index (χ0) is 16.8. The van der Waals surface area contributed by atoms with Gasteiger partial charge in [0.1, 0.15) is 22.6 Å². The number of oxazole rings is 1. The van der Waals surface area contributed by atoms with Crippen molar-refractivity contribution in [3.05, 3.63) is 66.7 Å². The van der Waals surface area contributed by atoms with E-state index in [2.05, 4.69) is 9.97 Å². The molecule has 0 fully saturated rings. The second kappa shape index (κ2) is 5.21. The summed E-state index contributed by atoms with van der Waals surface area (Å²) in [5.74, 6) is 1.49. The molecule has 3 heterocycles. The van der Waals surface area contributed by atoms with Crippen molar-refractivity contribution in [3.8, 4) is 22.9 Å². The molecule has 5 nitrogen and oxygen atoms in total. The van der Waals surface area contributed by atoms with E-state index in [0.717, 1.165) is 22.1 Å². The quantitative estimate of drug-likeness (QED) is 0.499. The lowest BCUT2D eigenvalue weighted by atomic mass is 10.2. The summed E-state index contributed by atoms with van der Waals surface area (Å²) in [4.78, 5) is 8.94. The van der Waals surface area contributed by atoms with Crippen molar-refractivity contribution in [3.63, 3.8) is 0 Å². The molecule has 120 valence electrons. The summed E-state index contributed by atoms with van der Waals surface area (Å²) in [5, 5.41) is 1.03. The van der Waals surface area contributed by atoms with Crippen molar-refractivity contribution in [1.29, 1.82) is 0 Å². The molecule has 0 amide bonds. The highest BCUT2D eigenvalue weighted by atomic mass is 16.3. The van der Waals surface area contributed by atoms with Crippen LogP contribution in [0.1, 0.15) is 0 Å². The van der Waals surface area contributed by atoms with Crippen LogP contribution in [0, 0.1) is 0 Å². The van der Waals surface area contributed by atoms with Gasteiger partial charge in [-0.2, -0.15) is 0 Å². The molecule has 0 bridgehead atoms. The molecule has 0 radical (unpaired) electrons. The second-order valence-corrected chi connectivity index (χ2v) is 5.76. The first-order chi connectivity index (χ1) is 12.3. The monoisotopic (exact) mass is 327 g/mol. The highest BCUT2D eigenvalue weighted by Crippen LogP contribution is 2.31. The van der Waals surface area contributed by atoms with Crippen molar-refractivity contribution < 1.29 is 8.83 Å². The second-order valence-electron chi connectivity index (χ2n) is 5.76. The lowest BCUT2D eigenvalue weighted by Gasteiger charge is -2.02. The van der Waals surface area contributed by atoms with Crippen molar-refractivity contribution in [2.24, 2.45) is 0 Å². The first-order valence-electron chi connectivity index (χ1n) is 7.89. The van der Waals surface area contributed by atoms with E-state index >= 15 is 0 Å². The van der Waals surface area contributed by atoms with E-state index in [1.54, 1.807) is 0 Å². The Morgan fingerprint density at radius 1 is 0.760 bits per heavy atom. The average molecular weight is 327 g/mol. The van der Waals surface area contributed by atoms with Gasteiger partial charge in [0.25, 0.3) is 0 Å². The third kappa shape index (κ3) is 2.25. The standard InChI is InChI=1S/C20H13N3O2/c21-19-13(20-23-14-6-2-4-8-17(14)25-20)9-10-15(22-19)18-11-12-5-1-3-7-16(12)24-18/h1-11H,(H2,21,22). The maximum absolute atomic E-state index is 6.15. The summed E-state index contributed by atoms with van der Waals surface area (Å²) < 4.78 is 11.6. The molecule has 0 atom stereocenters. The van der Waals surface area contributed by atoms with Gasteiger partial charge in [-0.05, 0) is 36.4 Å². The number of aromatic nitrogens is 2. The van der Waals surface area contributed by atoms with E-state index in [4.69, 9.17) is 14.6 Å². The number of fused-ring (bicyclic) bond motifs is 2. The molecule has 5 heteroatoms. The Labute approximate surface area is 142 Å². The minimum atomic E-state index is 0.351. The molecular weight excluding hydrogens is 314 g/mol. The molecule has 5 rings (SSSR count). The minimum absolute atomic E-state index is 0.351. The molecular formula is C20H13N3O2. The Balaban J connectivity index is 1.59. The summed E-state index contributed by atoms with van der Waals surface area (Å²) in [7, 11) is 0. The summed E-state index contributed by atoms with van der Waals surface area (Å²) in [6.45, 7) is 0. The van der Waals surface area contributed by atoms with Crippen LogP contribution < -0.4 is 5.73 Å². The molecule has 2 N–H and O–H groups in total. The maximum Gasteiger partial charge on any atom is 0.231 e. The molecule has 0 aliphatic rings. The third-order valence-electron chi connectivity index (χ3n) is 4.13. The zero-order valence-electron chi connectivity index (χ0n) is 13.1. The van der Waals surface area contributed by atoms with E-state index in [0.29, 0.717) is 28.7 Å². The summed E-state index contributed by atoms with van der Waals surface area (Å²) >= 11 is 0. The van der Waals surface area contributed by atoms with Gasteiger partial charge >= 0.3 is 0 Å². The normalized spacial score (nSPS) is 11.4. The van der Waals surface area contributed by atoms with Crippen LogP contribution in [0.4, 0.5) is 5.82 Å². The first-order valence-corrected chi connectivity index (χ1v) is 7.89. The smallest absolute Gasteiger partial charge is 0.231 e. The molecule has 0 saturated carbocycles. The van der Waals surface area contributed by atoms with Gasteiger partial charge in [0.05, 0.1) is 5.56 Å². The lowest BCUT2D eigenvalue weighted by Crippen LogP contribution is -1.95. The van der Waals surface area contributed by atoms with Gasteiger partial charge in [0.15, 0.2) is 11.3 Å². The van der Waals surface area contributed by atoms with E-state index in [1.165, 1.54) is 0 Å². The van der Waals surface area contributed by atoms with E-state index in [-0.39, 0.29) is 0 Å². The number of hydrogen-bond donors (Lipinski definition) is 1. The average Bonchev–Trinajstić information content (AvgIpc) is 3.25. The number of nitrogen functional groups attached to an aromatic ring is 1.